The second-order valence-electron chi connectivity index (χ2n) is 3.12. The van der Waals surface area contributed by atoms with Gasteiger partial charge in [0.2, 0.25) is 0 Å². The third-order valence-electron chi connectivity index (χ3n) is 2.18. The topological polar surface area (TPSA) is 26.3 Å². The van der Waals surface area contributed by atoms with Crippen LogP contribution in [0.3, 0.4) is 0 Å². The molecule has 2 heteroatoms. The van der Waals surface area contributed by atoms with Crippen molar-refractivity contribution in [2.24, 2.45) is 5.92 Å². The monoisotopic (exact) mass is 186 g/mol. The number of hydrogen-bond acceptors (Lipinski definition) is 2. The Kier molecular flexibility index (Phi) is 2.19. The van der Waals surface area contributed by atoms with Gasteiger partial charge in [0.05, 0.1) is 6.26 Å². The molecule has 1 heterocycles. The summed E-state index contributed by atoms with van der Waals surface area (Å²) in [6.07, 6.45) is 3.23. The van der Waals surface area contributed by atoms with E-state index >= 15 is 0 Å². The molecule has 2 nitrogen and oxygen atoms in total. The fraction of sp³-hybridized carbons (Fsp3) is 0.0833. The molecule has 1 atom stereocenters. The van der Waals surface area contributed by atoms with E-state index in [0.29, 0.717) is 11.3 Å². The number of ketones is 1. The number of carbonyl (C=O) groups is 1. The number of rotatable bonds is 2. The van der Waals surface area contributed by atoms with Crippen LogP contribution in [-0.2, 0) is 4.74 Å². The lowest BCUT2D eigenvalue weighted by atomic mass is 9.97. The van der Waals surface area contributed by atoms with Crippen LogP contribution in [0.2, 0.25) is 0 Å². The lowest BCUT2D eigenvalue weighted by Gasteiger charge is -2.06. The van der Waals surface area contributed by atoms with Gasteiger partial charge in [-0.2, -0.15) is 0 Å². The van der Waals surface area contributed by atoms with Crippen molar-refractivity contribution in [3.8, 4) is 0 Å². The maximum atomic E-state index is 11.9. The van der Waals surface area contributed by atoms with E-state index < -0.39 is 0 Å². The molecule has 0 spiro atoms. The highest BCUT2D eigenvalue weighted by Gasteiger charge is 2.24. The molecule has 1 aliphatic rings. The molecule has 1 unspecified atom stereocenters. The van der Waals surface area contributed by atoms with Gasteiger partial charge in [-0.25, -0.2) is 0 Å². The zero-order valence-corrected chi connectivity index (χ0v) is 7.64. The molecule has 0 saturated carbocycles. The summed E-state index contributed by atoms with van der Waals surface area (Å²) in [4.78, 5) is 11.9. The van der Waals surface area contributed by atoms with Gasteiger partial charge in [-0.3, -0.25) is 4.79 Å². The van der Waals surface area contributed by atoms with E-state index in [2.05, 4.69) is 6.58 Å². The third kappa shape index (κ3) is 1.46. The van der Waals surface area contributed by atoms with Crippen LogP contribution in [-0.4, -0.2) is 5.78 Å². The number of allylic oxidation sites excluding steroid dienone is 1. The summed E-state index contributed by atoms with van der Waals surface area (Å²) >= 11 is 0. The van der Waals surface area contributed by atoms with Gasteiger partial charge in [0.15, 0.2) is 5.78 Å². The van der Waals surface area contributed by atoms with Crippen LogP contribution < -0.4 is 0 Å². The van der Waals surface area contributed by atoms with Gasteiger partial charge in [0.25, 0.3) is 0 Å². The summed E-state index contributed by atoms with van der Waals surface area (Å²) < 4.78 is 5.01. The Morgan fingerprint density at radius 1 is 1.29 bits per heavy atom. The number of ether oxygens (including phenoxy) is 1. The number of benzene rings is 1. The average molecular weight is 186 g/mol. The minimum atomic E-state index is -0.322. The molecule has 14 heavy (non-hydrogen) atoms. The molecular formula is C12H10O2. The van der Waals surface area contributed by atoms with Crippen molar-refractivity contribution in [3.05, 3.63) is 60.6 Å². The minimum absolute atomic E-state index is 0.0318. The van der Waals surface area contributed by atoms with Crippen molar-refractivity contribution in [1.29, 1.82) is 0 Å². The standard InChI is InChI=1S/C12H10O2/c1-9-11(7-8-14-9)12(13)10-5-3-2-4-6-10/h2-8,11H,1H2. The number of Topliss-reactive ketones (excluding diaryl/α,β-unsaturated/α-hetero) is 1. The number of carbonyl (C=O) groups excluding carboxylic acids is 1. The third-order valence-corrected chi connectivity index (χ3v) is 2.18. The molecule has 0 aliphatic carbocycles. The van der Waals surface area contributed by atoms with Gasteiger partial charge < -0.3 is 4.74 Å². The second-order valence-corrected chi connectivity index (χ2v) is 3.12. The fourth-order valence-corrected chi connectivity index (χ4v) is 1.40. The first kappa shape index (κ1) is 8.75. The highest BCUT2D eigenvalue weighted by Crippen LogP contribution is 2.23. The van der Waals surface area contributed by atoms with E-state index in [1.54, 1.807) is 18.2 Å². The van der Waals surface area contributed by atoms with E-state index in [1.165, 1.54) is 6.26 Å². The summed E-state index contributed by atoms with van der Waals surface area (Å²) in [5.74, 6) is 0.209. The van der Waals surface area contributed by atoms with Gasteiger partial charge in [-0.05, 0) is 6.08 Å². The first-order valence-corrected chi connectivity index (χ1v) is 4.40. The molecule has 0 bridgehead atoms. The summed E-state index contributed by atoms with van der Waals surface area (Å²) in [6.45, 7) is 3.68. The molecule has 2 rings (SSSR count). The van der Waals surface area contributed by atoms with Crippen LogP contribution in [0, 0.1) is 5.92 Å². The summed E-state index contributed by atoms with van der Waals surface area (Å²) in [6, 6.07) is 9.15. The summed E-state index contributed by atoms with van der Waals surface area (Å²) in [7, 11) is 0. The fourth-order valence-electron chi connectivity index (χ4n) is 1.40. The van der Waals surface area contributed by atoms with Crippen molar-refractivity contribution < 1.29 is 9.53 Å². The van der Waals surface area contributed by atoms with Crippen LogP contribution in [0.15, 0.2) is 55.0 Å². The second kappa shape index (κ2) is 3.50. The normalized spacial score (nSPS) is 19.4. The predicted octanol–water partition coefficient (Wildman–Crippen LogP) is 2.54. The maximum absolute atomic E-state index is 11.9. The average Bonchev–Trinajstić information content (AvgIpc) is 2.65. The molecular weight excluding hydrogens is 176 g/mol. The van der Waals surface area contributed by atoms with E-state index in [0.717, 1.165) is 0 Å². The van der Waals surface area contributed by atoms with Gasteiger partial charge in [0.1, 0.15) is 11.7 Å². The molecule has 0 amide bonds. The van der Waals surface area contributed by atoms with Crippen molar-refractivity contribution in [2.75, 3.05) is 0 Å². The molecule has 0 aromatic heterocycles. The minimum Gasteiger partial charge on any atom is -0.469 e. The first-order chi connectivity index (χ1) is 6.79. The van der Waals surface area contributed by atoms with Crippen molar-refractivity contribution in [2.45, 2.75) is 0 Å². The Bertz CT molecular complexity index is 390. The Balaban J connectivity index is 2.25. The van der Waals surface area contributed by atoms with Crippen molar-refractivity contribution in [1.82, 2.24) is 0 Å². The summed E-state index contributed by atoms with van der Waals surface area (Å²) in [5, 5.41) is 0. The lowest BCUT2D eigenvalue weighted by Crippen LogP contribution is -2.11. The highest BCUT2D eigenvalue weighted by atomic mass is 16.5. The van der Waals surface area contributed by atoms with Crippen LogP contribution in [0.1, 0.15) is 10.4 Å². The summed E-state index contributed by atoms with van der Waals surface area (Å²) in [5.41, 5.74) is 0.689. The van der Waals surface area contributed by atoms with Crippen LogP contribution in [0.5, 0.6) is 0 Å². The predicted molar refractivity (Wildman–Crippen MR) is 53.6 cm³/mol. The molecule has 0 N–H and O–H groups in total. The van der Waals surface area contributed by atoms with E-state index in [1.807, 2.05) is 18.2 Å². The van der Waals surface area contributed by atoms with Crippen LogP contribution in [0.25, 0.3) is 0 Å². The SMILES string of the molecule is C=C1OC=CC1C(=O)c1ccccc1. The molecule has 0 saturated heterocycles. The Morgan fingerprint density at radius 2 is 2.00 bits per heavy atom. The van der Waals surface area contributed by atoms with Crippen LogP contribution in [0.4, 0.5) is 0 Å². The Morgan fingerprint density at radius 3 is 2.57 bits per heavy atom. The van der Waals surface area contributed by atoms with Gasteiger partial charge in [0, 0.05) is 5.56 Å². The van der Waals surface area contributed by atoms with E-state index in [4.69, 9.17) is 4.74 Å². The first-order valence-electron chi connectivity index (χ1n) is 4.40. The Hall–Kier alpha value is -1.83. The largest absolute Gasteiger partial charge is 0.469 e. The molecule has 1 aliphatic heterocycles. The highest BCUT2D eigenvalue weighted by molar-refractivity contribution is 6.00. The lowest BCUT2D eigenvalue weighted by molar-refractivity contribution is 0.0949. The molecule has 1 aromatic rings. The molecule has 70 valence electrons. The number of hydrogen-bond donors (Lipinski definition) is 0. The van der Waals surface area contributed by atoms with Crippen molar-refractivity contribution >= 4 is 5.78 Å². The zero-order chi connectivity index (χ0) is 9.97. The van der Waals surface area contributed by atoms with E-state index in [-0.39, 0.29) is 11.7 Å². The van der Waals surface area contributed by atoms with Gasteiger partial charge in [-0.15, -0.1) is 0 Å². The van der Waals surface area contributed by atoms with Gasteiger partial charge in [-0.1, -0.05) is 36.9 Å². The van der Waals surface area contributed by atoms with Gasteiger partial charge >= 0.3 is 0 Å². The smallest absolute Gasteiger partial charge is 0.177 e. The molecule has 0 fully saturated rings. The maximum Gasteiger partial charge on any atom is 0.177 e. The zero-order valence-electron chi connectivity index (χ0n) is 7.64. The van der Waals surface area contributed by atoms with Crippen LogP contribution >= 0.6 is 0 Å². The quantitative estimate of drug-likeness (QED) is 0.663. The molecule has 0 radical (unpaired) electrons. The van der Waals surface area contributed by atoms with Crippen molar-refractivity contribution in [3.63, 3.8) is 0 Å². The molecule has 1 aromatic carbocycles. The Labute approximate surface area is 82.5 Å². The van der Waals surface area contributed by atoms with E-state index in [9.17, 15) is 4.79 Å².